The van der Waals surface area contributed by atoms with E-state index in [1.54, 1.807) is 6.07 Å². The molecule has 2 aromatic rings. The van der Waals surface area contributed by atoms with E-state index in [1.807, 2.05) is 12.1 Å². The second-order valence-electron chi connectivity index (χ2n) is 5.06. The zero-order valence-electron chi connectivity index (χ0n) is 11.5. The predicted molar refractivity (Wildman–Crippen MR) is 78.6 cm³/mol. The minimum atomic E-state index is -0.333. The highest BCUT2D eigenvalue weighted by molar-refractivity contribution is 6.02. The SMILES string of the molecule is O=C(Nc1ccc(F)cc1)c1cccc(C2CCCN2)n1. The van der Waals surface area contributed by atoms with Crippen LogP contribution in [0.4, 0.5) is 10.1 Å². The summed E-state index contributed by atoms with van der Waals surface area (Å²) in [6.07, 6.45) is 2.16. The molecule has 1 aliphatic rings. The molecule has 0 radical (unpaired) electrons. The van der Waals surface area contributed by atoms with Crippen LogP contribution in [0.3, 0.4) is 0 Å². The van der Waals surface area contributed by atoms with Crippen molar-refractivity contribution in [2.24, 2.45) is 0 Å². The molecule has 3 rings (SSSR count). The second-order valence-corrected chi connectivity index (χ2v) is 5.06. The molecule has 1 aromatic carbocycles. The fourth-order valence-electron chi connectivity index (χ4n) is 2.44. The van der Waals surface area contributed by atoms with Gasteiger partial charge >= 0.3 is 0 Å². The molecule has 0 spiro atoms. The summed E-state index contributed by atoms with van der Waals surface area (Å²) in [5, 5.41) is 6.07. The van der Waals surface area contributed by atoms with Crippen molar-refractivity contribution in [3.63, 3.8) is 0 Å². The zero-order chi connectivity index (χ0) is 14.7. The van der Waals surface area contributed by atoms with Gasteiger partial charge in [0.25, 0.3) is 5.91 Å². The van der Waals surface area contributed by atoms with Crippen molar-refractivity contribution >= 4 is 11.6 Å². The van der Waals surface area contributed by atoms with Crippen molar-refractivity contribution in [3.05, 3.63) is 59.7 Å². The Hall–Kier alpha value is -2.27. The van der Waals surface area contributed by atoms with Crippen LogP contribution in [0.2, 0.25) is 0 Å². The highest BCUT2D eigenvalue weighted by Gasteiger charge is 2.18. The van der Waals surface area contributed by atoms with Crippen LogP contribution in [0.5, 0.6) is 0 Å². The highest BCUT2D eigenvalue weighted by Crippen LogP contribution is 2.21. The molecule has 108 valence electrons. The smallest absolute Gasteiger partial charge is 0.274 e. The number of halogens is 1. The Morgan fingerprint density at radius 3 is 2.76 bits per heavy atom. The first-order chi connectivity index (χ1) is 10.2. The van der Waals surface area contributed by atoms with Crippen molar-refractivity contribution < 1.29 is 9.18 Å². The van der Waals surface area contributed by atoms with Gasteiger partial charge in [-0.3, -0.25) is 4.79 Å². The third-order valence-corrected chi connectivity index (χ3v) is 3.52. The lowest BCUT2D eigenvalue weighted by atomic mass is 10.1. The van der Waals surface area contributed by atoms with Gasteiger partial charge in [-0.1, -0.05) is 6.07 Å². The maximum absolute atomic E-state index is 12.8. The summed E-state index contributed by atoms with van der Waals surface area (Å²) in [5.74, 6) is -0.623. The van der Waals surface area contributed by atoms with Crippen molar-refractivity contribution in [2.45, 2.75) is 18.9 Å². The second kappa shape index (κ2) is 6.01. The van der Waals surface area contributed by atoms with Crippen LogP contribution >= 0.6 is 0 Å². The van der Waals surface area contributed by atoms with Crippen LogP contribution in [0.1, 0.15) is 35.1 Å². The van der Waals surface area contributed by atoms with Gasteiger partial charge in [-0.25, -0.2) is 9.37 Å². The van der Waals surface area contributed by atoms with Crippen LogP contribution in [-0.2, 0) is 0 Å². The summed E-state index contributed by atoms with van der Waals surface area (Å²) in [7, 11) is 0. The molecule has 2 N–H and O–H groups in total. The Balaban J connectivity index is 1.74. The normalized spacial score (nSPS) is 17.7. The summed E-state index contributed by atoms with van der Waals surface area (Å²) in [6.45, 7) is 0.984. The molecule has 21 heavy (non-hydrogen) atoms. The minimum absolute atomic E-state index is 0.226. The first-order valence-electron chi connectivity index (χ1n) is 6.99. The standard InChI is InChI=1S/C16H16FN3O/c17-11-6-8-12(9-7-11)19-16(21)15-4-1-3-14(20-15)13-5-2-10-18-13/h1,3-4,6-9,13,18H,2,5,10H2,(H,19,21). The van der Waals surface area contributed by atoms with Crippen LogP contribution in [0.15, 0.2) is 42.5 Å². The lowest BCUT2D eigenvalue weighted by molar-refractivity contribution is 0.102. The highest BCUT2D eigenvalue weighted by atomic mass is 19.1. The predicted octanol–water partition coefficient (Wildman–Crippen LogP) is 2.90. The number of nitrogens with one attached hydrogen (secondary N) is 2. The third-order valence-electron chi connectivity index (χ3n) is 3.52. The summed E-state index contributed by atoms with van der Waals surface area (Å²) in [5.41, 5.74) is 1.80. The average molecular weight is 285 g/mol. The molecule has 0 aliphatic carbocycles. The molecule has 0 bridgehead atoms. The summed E-state index contributed by atoms with van der Waals surface area (Å²) in [6, 6.07) is 11.3. The molecule has 4 nitrogen and oxygen atoms in total. The molecule has 5 heteroatoms. The van der Waals surface area contributed by atoms with Gasteiger partial charge < -0.3 is 10.6 Å². The molecule has 1 amide bonds. The van der Waals surface area contributed by atoms with Crippen molar-refractivity contribution in [3.8, 4) is 0 Å². The summed E-state index contributed by atoms with van der Waals surface area (Å²) in [4.78, 5) is 16.6. The van der Waals surface area contributed by atoms with Gasteiger partial charge in [0.1, 0.15) is 11.5 Å². The van der Waals surface area contributed by atoms with E-state index in [-0.39, 0.29) is 17.8 Å². The van der Waals surface area contributed by atoms with E-state index in [4.69, 9.17) is 0 Å². The topological polar surface area (TPSA) is 54.0 Å². The van der Waals surface area contributed by atoms with Gasteiger partial charge in [0.15, 0.2) is 0 Å². The maximum Gasteiger partial charge on any atom is 0.274 e. The van der Waals surface area contributed by atoms with E-state index in [1.165, 1.54) is 24.3 Å². The molecule has 2 heterocycles. The van der Waals surface area contributed by atoms with E-state index in [9.17, 15) is 9.18 Å². The first-order valence-corrected chi connectivity index (χ1v) is 6.99. The zero-order valence-corrected chi connectivity index (χ0v) is 11.5. The van der Waals surface area contributed by atoms with Gasteiger partial charge in [-0.15, -0.1) is 0 Å². The fraction of sp³-hybridized carbons (Fsp3) is 0.250. The van der Waals surface area contributed by atoms with Crippen LogP contribution in [0.25, 0.3) is 0 Å². The van der Waals surface area contributed by atoms with E-state index >= 15 is 0 Å². The van der Waals surface area contributed by atoms with Crippen molar-refractivity contribution in [1.82, 2.24) is 10.3 Å². The molecule has 1 unspecified atom stereocenters. The number of benzene rings is 1. The first kappa shape index (κ1) is 13.7. The van der Waals surface area contributed by atoms with Crippen LogP contribution < -0.4 is 10.6 Å². The third kappa shape index (κ3) is 3.25. The largest absolute Gasteiger partial charge is 0.321 e. The summed E-state index contributed by atoms with van der Waals surface area (Å²) >= 11 is 0. The van der Waals surface area contributed by atoms with E-state index in [0.717, 1.165) is 25.1 Å². The van der Waals surface area contributed by atoms with E-state index < -0.39 is 0 Å². The average Bonchev–Trinajstić information content (AvgIpc) is 3.04. The molecule has 0 saturated carbocycles. The van der Waals surface area contributed by atoms with Crippen LogP contribution in [0, 0.1) is 5.82 Å². The van der Waals surface area contributed by atoms with E-state index in [0.29, 0.717) is 11.4 Å². The molecular formula is C16H16FN3O. The van der Waals surface area contributed by atoms with Crippen LogP contribution in [-0.4, -0.2) is 17.4 Å². The Morgan fingerprint density at radius 2 is 2.05 bits per heavy atom. The van der Waals surface area contributed by atoms with Crippen molar-refractivity contribution in [1.29, 1.82) is 0 Å². The number of hydrogen-bond acceptors (Lipinski definition) is 3. The van der Waals surface area contributed by atoms with Gasteiger partial charge in [0.05, 0.1) is 5.69 Å². The number of amides is 1. The Morgan fingerprint density at radius 1 is 1.24 bits per heavy atom. The monoisotopic (exact) mass is 285 g/mol. The fourth-order valence-corrected chi connectivity index (χ4v) is 2.44. The van der Waals surface area contributed by atoms with Gasteiger partial charge in [0, 0.05) is 11.7 Å². The number of aromatic nitrogens is 1. The number of pyridine rings is 1. The van der Waals surface area contributed by atoms with Crippen molar-refractivity contribution in [2.75, 3.05) is 11.9 Å². The number of hydrogen-bond donors (Lipinski definition) is 2. The van der Waals surface area contributed by atoms with Gasteiger partial charge in [-0.2, -0.15) is 0 Å². The number of anilines is 1. The lowest BCUT2D eigenvalue weighted by Gasteiger charge is -2.11. The van der Waals surface area contributed by atoms with E-state index in [2.05, 4.69) is 15.6 Å². The Kier molecular flexibility index (Phi) is 3.92. The quantitative estimate of drug-likeness (QED) is 0.911. The molecule has 1 atom stereocenters. The number of carbonyl (C=O) groups is 1. The van der Waals surface area contributed by atoms with Gasteiger partial charge in [-0.05, 0) is 55.8 Å². The molecule has 1 aromatic heterocycles. The lowest BCUT2D eigenvalue weighted by Crippen LogP contribution is -2.18. The molecule has 1 saturated heterocycles. The number of rotatable bonds is 3. The molecule has 1 fully saturated rings. The number of carbonyl (C=O) groups excluding carboxylic acids is 1. The Labute approximate surface area is 122 Å². The summed E-state index contributed by atoms with van der Waals surface area (Å²) < 4.78 is 12.8. The number of nitrogens with zero attached hydrogens (tertiary/aromatic N) is 1. The molecule has 1 aliphatic heterocycles. The molecular weight excluding hydrogens is 269 g/mol. The minimum Gasteiger partial charge on any atom is -0.321 e. The van der Waals surface area contributed by atoms with Gasteiger partial charge in [0.2, 0.25) is 0 Å². The Bertz CT molecular complexity index is 636. The maximum atomic E-state index is 12.8.